The number of thioether (sulfide) groups is 1. The van der Waals surface area contributed by atoms with Gasteiger partial charge in [-0.15, -0.1) is 11.8 Å². The number of anilines is 2. The summed E-state index contributed by atoms with van der Waals surface area (Å²) in [6.45, 7) is 0.890. The lowest BCUT2D eigenvalue weighted by molar-refractivity contribution is -0.121. The second-order valence-corrected chi connectivity index (χ2v) is 9.18. The zero-order valence-electron chi connectivity index (χ0n) is 18.7. The number of carbonyl (C=O) groups is 2. The molecule has 0 aromatic heterocycles. The van der Waals surface area contributed by atoms with Crippen LogP contribution in [0, 0.1) is 0 Å². The number of nitrogens with one attached hydrogen (secondary N) is 1. The maximum Gasteiger partial charge on any atom is 0.244 e. The van der Waals surface area contributed by atoms with Crippen molar-refractivity contribution in [1.82, 2.24) is 0 Å². The van der Waals surface area contributed by atoms with E-state index in [1.54, 1.807) is 42.0 Å². The van der Waals surface area contributed by atoms with E-state index in [-0.39, 0.29) is 30.0 Å². The first-order valence-electron chi connectivity index (χ1n) is 11.0. The molecule has 0 saturated heterocycles. The van der Waals surface area contributed by atoms with Crippen LogP contribution in [0.4, 0.5) is 11.4 Å². The maximum absolute atomic E-state index is 13.3. The number of hydrogen-bond donors (Lipinski definition) is 1. The molecule has 34 heavy (non-hydrogen) atoms. The van der Waals surface area contributed by atoms with Crippen LogP contribution in [-0.4, -0.2) is 38.7 Å². The van der Waals surface area contributed by atoms with Crippen molar-refractivity contribution in [3.8, 4) is 17.2 Å². The molecule has 2 aliphatic rings. The number of fused-ring (bicyclic) bond motifs is 2. The fraction of sp³-hybridized carbons (Fsp3) is 0.231. The Bertz CT molecular complexity index is 1210. The van der Waals surface area contributed by atoms with Crippen LogP contribution >= 0.6 is 11.8 Å². The molecule has 1 atom stereocenters. The number of para-hydroxylation sites is 1. The largest absolute Gasteiger partial charge is 0.497 e. The van der Waals surface area contributed by atoms with Crippen LogP contribution < -0.4 is 24.4 Å². The lowest BCUT2D eigenvalue weighted by Crippen LogP contribution is -2.38. The predicted octanol–water partition coefficient (Wildman–Crippen LogP) is 4.68. The van der Waals surface area contributed by atoms with Gasteiger partial charge in [0.25, 0.3) is 0 Å². The van der Waals surface area contributed by atoms with Crippen LogP contribution in [0.1, 0.15) is 17.2 Å². The van der Waals surface area contributed by atoms with Gasteiger partial charge in [0.15, 0.2) is 11.5 Å². The number of hydrogen-bond acceptors (Lipinski definition) is 6. The van der Waals surface area contributed by atoms with Crippen molar-refractivity contribution in [2.45, 2.75) is 16.6 Å². The Morgan fingerprint density at radius 2 is 1.82 bits per heavy atom. The Labute approximate surface area is 202 Å². The number of rotatable bonds is 5. The van der Waals surface area contributed by atoms with E-state index in [0.29, 0.717) is 30.4 Å². The van der Waals surface area contributed by atoms with Crippen molar-refractivity contribution in [1.29, 1.82) is 0 Å². The van der Waals surface area contributed by atoms with Gasteiger partial charge in [0, 0.05) is 28.3 Å². The minimum Gasteiger partial charge on any atom is -0.497 e. The molecule has 2 heterocycles. The summed E-state index contributed by atoms with van der Waals surface area (Å²) in [5.41, 5.74) is 2.37. The first-order valence-corrected chi connectivity index (χ1v) is 11.9. The highest BCUT2D eigenvalue weighted by Gasteiger charge is 2.30. The fourth-order valence-electron chi connectivity index (χ4n) is 4.02. The molecule has 0 bridgehead atoms. The fourth-order valence-corrected chi connectivity index (χ4v) is 5.30. The maximum atomic E-state index is 13.3. The summed E-state index contributed by atoms with van der Waals surface area (Å²) < 4.78 is 16.4. The summed E-state index contributed by atoms with van der Waals surface area (Å²) in [6, 6.07) is 20.7. The zero-order chi connectivity index (χ0) is 23.5. The lowest BCUT2D eigenvalue weighted by atomic mass is 10.1. The summed E-state index contributed by atoms with van der Waals surface area (Å²) in [6.07, 6.45) is 0.281. The summed E-state index contributed by atoms with van der Waals surface area (Å²) >= 11 is 1.63. The number of methoxy groups -OCH3 is 1. The summed E-state index contributed by atoms with van der Waals surface area (Å²) in [5.74, 6) is 1.64. The molecule has 0 spiro atoms. The van der Waals surface area contributed by atoms with Crippen molar-refractivity contribution in [3.05, 3.63) is 72.3 Å². The second-order valence-electron chi connectivity index (χ2n) is 7.94. The molecule has 0 saturated carbocycles. The summed E-state index contributed by atoms with van der Waals surface area (Å²) in [4.78, 5) is 28.8. The van der Waals surface area contributed by atoms with E-state index in [1.807, 2.05) is 48.5 Å². The van der Waals surface area contributed by atoms with Gasteiger partial charge in [0.1, 0.15) is 25.5 Å². The van der Waals surface area contributed by atoms with Gasteiger partial charge in [-0.3, -0.25) is 9.59 Å². The van der Waals surface area contributed by atoms with Crippen LogP contribution in [0.2, 0.25) is 0 Å². The van der Waals surface area contributed by atoms with Crippen molar-refractivity contribution < 1.29 is 23.8 Å². The molecule has 3 aromatic carbocycles. The predicted molar refractivity (Wildman–Crippen MR) is 131 cm³/mol. The van der Waals surface area contributed by atoms with Crippen LogP contribution in [0.5, 0.6) is 17.2 Å². The third-order valence-electron chi connectivity index (χ3n) is 5.70. The van der Waals surface area contributed by atoms with Crippen molar-refractivity contribution in [3.63, 3.8) is 0 Å². The number of ether oxygens (including phenoxy) is 3. The number of nitrogens with zero attached hydrogens (tertiary/aromatic N) is 1. The molecular weight excluding hydrogens is 452 g/mol. The van der Waals surface area contributed by atoms with Crippen molar-refractivity contribution in [2.24, 2.45) is 0 Å². The molecule has 174 valence electrons. The van der Waals surface area contributed by atoms with Crippen LogP contribution in [0.25, 0.3) is 0 Å². The molecule has 1 N–H and O–H groups in total. The molecule has 3 aromatic rings. The molecule has 7 nitrogen and oxygen atoms in total. The van der Waals surface area contributed by atoms with Crippen LogP contribution in [0.15, 0.2) is 71.6 Å². The van der Waals surface area contributed by atoms with Gasteiger partial charge < -0.3 is 24.4 Å². The number of benzene rings is 3. The third kappa shape index (κ3) is 4.68. The summed E-state index contributed by atoms with van der Waals surface area (Å²) in [5, 5.41) is 2.81. The Kier molecular flexibility index (Phi) is 6.31. The second kappa shape index (κ2) is 9.69. The Hall–Kier alpha value is -3.65. The van der Waals surface area contributed by atoms with Crippen molar-refractivity contribution >= 4 is 35.0 Å². The molecule has 0 radical (unpaired) electrons. The van der Waals surface area contributed by atoms with Gasteiger partial charge in [-0.2, -0.15) is 0 Å². The molecule has 2 amide bonds. The van der Waals surface area contributed by atoms with E-state index in [2.05, 4.69) is 5.32 Å². The average molecular weight is 477 g/mol. The van der Waals surface area contributed by atoms with Gasteiger partial charge in [-0.05, 0) is 42.0 Å². The minimum absolute atomic E-state index is 0.0644. The van der Waals surface area contributed by atoms with Gasteiger partial charge in [0.05, 0.1) is 12.8 Å². The third-order valence-corrected chi connectivity index (χ3v) is 7.02. The minimum atomic E-state index is -0.285. The lowest BCUT2D eigenvalue weighted by Gasteiger charge is -2.22. The first-order chi connectivity index (χ1) is 16.6. The molecule has 2 aliphatic heterocycles. The molecule has 8 heteroatoms. The molecule has 0 aliphatic carbocycles. The highest BCUT2D eigenvalue weighted by atomic mass is 32.2. The van der Waals surface area contributed by atoms with Crippen molar-refractivity contribution in [2.75, 3.05) is 37.1 Å². The van der Waals surface area contributed by atoms with Gasteiger partial charge in [0.2, 0.25) is 11.8 Å². The monoisotopic (exact) mass is 476 g/mol. The van der Waals surface area contributed by atoms with E-state index >= 15 is 0 Å². The highest BCUT2D eigenvalue weighted by Crippen LogP contribution is 2.45. The van der Waals surface area contributed by atoms with Crippen LogP contribution in [-0.2, 0) is 9.59 Å². The zero-order valence-corrected chi connectivity index (χ0v) is 19.5. The number of amides is 2. The van der Waals surface area contributed by atoms with Gasteiger partial charge in [-0.1, -0.05) is 24.3 Å². The smallest absolute Gasteiger partial charge is 0.244 e. The molecular formula is C26H24N2O5S. The van der Waals surface area contributed by atoms with E-state index in [0.717, 1.165) is 21.9 Å². The topological polar surface area (TPSA) is 77.1 Å². The van der Waals surface area contributed by atoms with E-state index < -0.39 is 0 Å². The standard InChI is InChI=1S/C26H24N2O5S/c1-31-19-9-6-17(7-10-19)24-15-26(30)28(20-4-2-3-5-23(20)34-24)16-25(29)27-18-8-11-21-22(14-18)33-13-12-32-21/h2-11,14,24H,12-13,15-16H2,1H3,(H,27,29). The van der Waals surface area contributed by atoms with E-state index in [9.17, 15) is 9.59 Å². The summed E-state index contributed by atoms with van der Waals surface area (Å²) in [7, 11) is 1.63. The normalized spacial score (nSPS) is 16.9. The molecule has 5 rings (SSSR count). The molecule has 0 fully saturated rings. The van der Waals surface area contributed by atoms with Gasteiger partial charge in [-0.25, -0.2) is 0 Å². The Morgan fingerprint density at radius 1 is 1.06 bits per heavy atom. The van der Waals surface area contributed by atoms with Crippen LogP contribution in [0.3, 0.4) is 0 Å². The first kappa shape index (κ1) is 22.2. The Balaban J connectivity index is 1.35. The van der Waals surface area contributed by atoms with Gasteiger partial charge >= 0.3 is 0 Å². The SMILES string of the molecule is COc1ccc(C2CC(=O)N(CC(=O)Nc3ccc4c(c3)OCCO4)c3ccccc3S2)cc1. The average Bonchev–Trinajstić information content (AvgIpc) is 3.00. The quantitative estimate of drug-likeness (QED) is 0.577. The van der Waals surface area contributed by atoms with E-state index in [4.69, 9.17) is 14.2 Å². The Morgan fingerprint density at radius 3 is 2.62 bits per heavy atom. The van der Waals surface area contributed by atoms with E-state index in [1.165, 1.54) is 0 Å². The number of carbonyl (C=O) groups excluding carboxylic acids is 2. The molecule has 1 unspecified atom stereocenters. The highest BCUT2D eigenvalue weighted by molar-refractivity contribution is 7.99.